The lowest BCUT2D eigenvalue weighted by Gasteiger charge is -2.07. The molecule has 4 N–H and O–H groups in total. The molecule has 0 unspecified atom stereocenters. The number of aromatic nitrogens is 2. The zero-order valence-electron chi connectivity index (χ0n) is 8.61. The minimum absolute atomic E-state index is 0.262. The van der Waals surface area contributed by atoms with Crippen LogP contribution in [0.4, 0.5) is 21.8 Å². The van der Waals surface area contributed by atoms with Crippen LogP contribution in [0.15, 0.2) is 30.5 Å². The Morgan fingerprint density at radius 1 is 1.29 bits per heavy atom. The number of nitrogens with two attached hydrogens (primary N) is 1. The average molecular weight is 254 g/mol. The second-order valence-electron chi connectivity index (χ2n) is 3.19. The molecule has 7 heteroatoms. The van der Waals surface area contributed by atoms with E-state index < -0.39 is 5.82 Å². The van der Waals surface area contributed by atoms with Crippen molar-refractivity contribution in [3.63, 3.8) is 0 Å². The van der Waals surface area contributed by atoms with Gasteiger partial charge in [-0.2, -0.15) is 4.98 Å². The zero-order valence-corrected chi connectivity index (χ0v) is 9.37. The molecule has 1 aromatic carbocycles. The van der Waals surface area contributed by atoms with Gasteiger partial charge in [-0.25, -0.2) is 15.2 Å². The number of nitrogen functional groups attached to an aromatic ring is 1. The van der Waals surface area contributed by atoms with Gasteiger partial charge in [0.1, 0.15) is 11.6 Å². The molecule has 1 aromatic heterocycles. The standard InChI is InChI=1S/C10H9ClFN5/c11-6-3-7(12)5-8(4-6)15-9-1-2-14-10(16-9)17-13/h1-5H,13H2,(H2,14,15,16,17). The van der Waals surface area contributed by atoms with Crippen LogP contribution in [0.1, 0.15) is 0 Å². The van der Waals surface area contributed by atoms with Crippen molar-refractivity contribution in [2.45, 2.75) is 0 Å². The first-order valence-electron chi connectivity index (χ1n) is 4.70. The molecule has 1 heterocycles. The molecule has 0 atom stereocenters. The number of benzene rings is 1. The third-order valence-electron chi connectivity index (χ3n) is 1.92. The first-order valence-corrected chi connectivity index (χ1v) is 5.08. The molecule has 0 amide bonds. The molecule has 0 aliphatic carbocycles. The Hall–Kier alpha value is -1.92. The van der Waals surface area contributed by atoms with Crippen LogP contribution in [-0.2, 0) is 0 Å². The molecule has 2 rings (SSSR count). The zero-order chi connectivity index (χ0) is 12.3. The van der Waals surface area contributed by atoms with Crippen molar-refractivity contribution in [3.05, 3.63) is 41.3 Å². The number of hydrogen-bond acceptors (Lipinski definition) is 5. The van der Waals surface area contributed by atoms with Crippen molar-refractivity contribution >= 4 is 29.1 Å². The van der Waals surface area contributed by atoms with Crippen molar-refractivity contribution in [2.75, 3.05) is 10.7 Å². The van der Waals surface area contributed by atoms with Crippen molar-refractivity contribution in [1.29, 1.82) is 0 Å². The van der Waals surface area contributed by atoms with Crippen LogP contribution in [0.2, 0.25) is 5.02 Å². The second-order valence-corrected chi connectivity index (χ2v) is 3.63. The summed E-state index contributed by atoms with van der Waals surface area (Å²) >= 11 is 5.73. The third kappa shape index (κ3) is 3.02. The summed E-state index contributed by atoms with van der Waals surface area (Å²) in [4.78, 5) is 7.87. The number of nitrogens with one attached hydrogen (secondary N) is 2. The summed E-state index contributed by atoms with van der Waals surface area (Å²) < 4.78 is 13.1. The molecular weight excluding hydrogens is 245 g/mol. The van der Waals surface area contributed by atoms with E-state index in [2.05, 4.69) is 20.7 Å². The number of halogens is 2. The maximum atomic E-state index is 13.1. The first-order chi connectivity index (χ1) is 8.17. The molecule has 0 saturated carbocycles. The molecule has 0 bridgehead atoms. The SMILES string of the molecule is NNc1nccc(Nc2cc(F)cc(Cl)c2)n1. The highest BCUT2D eigenvalue weighted by Crippen LogP contribution is 2.21. The van der Waals surface area contributed by atoms with Crippen molar-refractivity contribution in [2.24, 2.45) is 5.84 Å². The molecule has 0 aliphatic rings. The van der Waals surface area contributed by atoms with Gasteiger partial charge in [-0.15, -0.1) is 0 Å². The van der Waals surface area contributed by atoms with Gasteiger partial charge in [0.15, 0.2) is 0 Å². The van der Waals surface area contributed by atoms with Crippen LogP contribution in [0, 0.1) is 5.82 Å². The first kappa shape index (κ1) is 11.6. The van der Waals surface area contributed by atoms with Crippen LogP contribution in [0.3, 0.4) is 0 Å². The van der Waals surface area contributed by atoms with Crippen LogP contribution in [0.5, 0.6) is 0 Å². The minimum Gasteiger partial charge on any atom is -0.340 e. The number of anilines is 3. The van der Waals surface area contributed by atoms with Gasteiger partial charge in [0.2, 0.25) is 5.95 Å². The Kier molecular flexibility index (Phi) is 3.36. The van der Waals surface area contributed by atoms with E-state index in [4.69, 9.17) is 17.4 Å². The fourth-order valence-electron chi connectivity index (χ4n) is 1.27. The van der Waals surface area contributed by atoms with E-state index >= 15 is 0 Å². The van der Waals surface area contributed by atoms with Gasteiger partial charge in [-0.1, -0.05) is 11.6 Å². The van der Waals surface area contributed by atoms with Gasteiger partial charge in [-0.05, 0) is 24.3 Å². The molecular formula is C10H9ClFN5. The Bertz CT molecular complexity index is 514. The summed E-state index contributed by atoms with van der Waals surface area (Å²) in [5.41, 5.74) is 2.81. The lowest BCUT2D eigenvalue weighted by molar-refractivity contribution is 0.628. The van der Waals surface area contributed by atoms with Gasteiger partial charge in [0.25, 0.3) is 0 Å². The molecule has 0 saturated heterocycles. The number of nitrogens with zero attached hydrogens (tertiary/aromatic N) is 2. The van der Waals surface area contributed by atoms with E-state index in [1.165, 1.54) is 18.3 Å². The molecule has 2 aromatic rings. The molecule has 17 heavy (non-hydrogen) atoms. The monoisotopic (exact) mass is 253 g/mol. The molecule has 0 aliphatic heterocycles. The van der Waals surface area contributed by atoms with Crippen molar-refractivity contribution in [3.8, 4) is 0 Å². The smallest absolute Gasteiger partial charge is 0.239 e. The fraction of sp³-hybridized carbons (Fsp3) is 0. The summed E-state index contributed by atoms with van der Waals surface area (Å²) in [6.07, 6.45) is 1.52. The summed E-state index contributed by atoms with van der Waals surface area (Å²) in [5.74, 6) is 5.49. The van der Waals surface area contributed by atoms with Gasteiger partial charge in [0.05, 0.1) is 0 Å². The van der Waals surface area contributed by atoms with E-state index in [0.29, 0.717) is 16.5 Å². The quantitative estimate of drug-likeness (QED) is 0.578. The summed E-state index contributed by atoms with van der Waals surface area (Å²) in [6, 6.07) is 5.74. The van der Waals surface area contributed by atoms with Crippen molar-refractivity contribution in [1.82, 2.24) is 9.97 Å². The third-order valence-corrected chi connectivity index (χ3v) is 2.14. The Balaban J connectivity index is 2.24. The number of rotatable bonds is 3. The second kappa shape index (κ2) is 4.94. The average Bonchev–Trinajstić information content (AvgIpc) is 2.28. The maximum absolute atomic E-state index is 13.1. The van der Waals surface area contributed by atoms with Crippen LogP contribution in [-0.4, -0.2) is 9.97 Å². The minimum atomic E-state index is -0.425. The highest BCUT2D eigenvalue weighted by Gasteiger charge is 2.01. The van der Waals surface area contributed by atoms with Crippen LogP contribution in [0.25, 0.3) is 0 Å². The molecule has 0 radical (unpaired) electrons. The highest BCUT2D eigenvalue weighted by molar-refractivity contribution is 6.30. The lowest BCUT2D eigenvalue weighted by Crippen LogP contribution is -2.10. The molecule has 88 valence electrons. The van der Waals surface area contributed by atoms with Crippen LogP contribution >= 0.6 is 11.6 Å². The summed E-state index contributed by atoms with van der Waals surface area (Å²) in [6.45, 7) is 0. The van der Waals surface area contributed by atoms with E-state index in [1.807, 2.05) is 0 Å². The van der Waals surface area contributed by atoms with Gasteiger partial charge in [0, 0.05) is 16.9 Å². The Morgan fingerprint density at radius 3 is 2.82 bits per heavy atom. The van der Waals surface area contributed by atoms with Crippen LogP contribution < -0.4 is 16.6 Å². The fourth-order valence-corrected chi connectivity index (χ4v) is 1.49. The number of hydrazine groups is 1. The van der Waals surface area contributed by atoms with E-state index in [1.54, 1.807) is 12.1 Å². The van der Waals surface area contributed by atoms with Gasteiger partial charge >= 0.3 is 0 Å². The van der Waals surface area contributed by atoms with Crippen molar-refractivity contribution < 1.29 is 4.39 Å². The Morgan fingerprint density at radius 2 is 2.12 bits per heavy atom. The van der Waals surface area contributed by atoms with E-state index in [0.717, 1.165) is 0 Å². The van der Waals surface area contributed by atoms with Gasteiger partial charge < -0.3 is 5.32 Å². The Labute approximate surface area is 102 Å². The summed E-state index contributed by atoms with van der Waals surface area (Å²) in [5, 5.41) is 3.19. The normalized spacial score (nSPS) is 10.1. The predicted molar refractivity (Wildman–Crippen MR) is 64.5 cm³/mol. The van der Waals surface area contributed by atoms with E-state index in [9.17, 15) is 4.39 Å². The summed E-state index contributed by atoms with van der Waals surface area (Å²) in [7, 11) is 0. The number of hydrogen-bond donors (Lipinski definition) is 3. The van der Waals surface area contributed by atoms with E-state index in [-0.39, 0.29) is 5.95 Å². The topological polar surface area (TPSA) is 75.9 Å². The predicted octanol–water partition coefficient (Wildman–Crippen LogP) is 2.30. The largest absolute Gasteiger partial charge is 0.340 e. The molecule has 5 nitrogen and oxygen atoms in total. The highest BCUT2D eigenvalue weighted by atomic mass is 35.5. The van der Waals surface area contributed by atoms with Gasteiger partial charge in [-0.3, -0.25) is 5.43 Å². The molecule has 0 spiro atoms. The molecule has 0 fully saturated rings. The lowest BCUT2D eigenvalue weighted by atomic mass is 10.3. The maximum Gasteiger partial charge on any atom is 0.239 e.